The molecule has 1 atom stereocenters. The highest BCUT2D eigenvalue weighted by atomic mass is 16.3. The minimum atomic E-state index is -0.673. The van der Waals surface area contributed by atoms with Crippen LogP contribution < -0.4 is 11.1 Å². The predicted octanol–water partition coefficient (Wildman–Crippen LogP) is 0.970. The molecule has 1 radical (unpaired) electrons. The molecule has 26 heavy (non-hydrogen) atoms. The molecule has 0 aliphatic carbocycles. The standard InChI is InChI=1S/C19H28N3O4/c20-10-2-1-3-18(25)21-17(13-14-4-6-15(23)7-5-14)19(26)22-11-8-16(24)9-12-22/h4-7,16-17,23H,1-3,8-13,20H2,(H,21,25)/t17-/m0/s1. The van der Waals surface area contributed by atoms with E-state index in [0.29, 0.717) is 51.7 Å². The van der Waals surface area contributed by atoms with Crippen LogP contribution in [0.3, 0.4) is 0 Å². The maximum absolute atomic E-state index is 12.9. The number of rotatable bonds is 8. The minimum Gasteiger partial charge on any atom is -0.508 e. The Morgan fingerprint density at radius 2 is 1.85 bits per heavy atom. The Hall–Kier alpha value is -2.12. The SMILES string of the molecule is NCCCCC(=O)N[C@@H](Cc1ccc(O)cc1)C(=O)N1CCC([O])CC1. The summed E-state index contributed by atoms with van der Waals surface area (Å²) in [4.78, 5) is 26.7. The maximum atomic E-state index is 12.9. The molecule has 0 aromatic heterocycles. The normalized spacial score (nSPS) is 16.3. The van der Waals surface area contributed by atoms with Gasteiger partial charge in [0.1, 0.15) is 11.8 Å². The van der Waals surface area contributed by atoms with Crippen molar-refractivity contribution in [1.82, 2.24) is 10.2 Å². The van der Waals surface area contributed by atoms with Crippen molar-refractivity contribution in [2.75, 3.05) is 19.6 Å². The second-order valence-electron chi connectivity index (χ2n) is 6.76. The largest absolute Gasteiger partial charge is 0.508 e. The van der Waals surface area contributed by atoms with E-state index in [9.17, 15) is 19.8 Å². The van der Waals surface area contributed by atoms with Gasteiger partial charge in [0.05, 0.1) is 6.10 Å². The van der Waals surface area contributed by atoms with Crippen molar-refractivity contribution in [2.24, 2.45) is 5.73 Å². The number of hydrogen-bond donors (Lipinski definition) is 3. The highest BCUT2D eigenvalue weighted by molar-refractivity contribution is 5.88. The molecule has 0 unspecified atom stereocenters. The summed E-state index contributed by atoms with van der Waals surface area (Å²) >= 11 is 0. The van der Waals surface area contributed by atoms with Gasteiger partial charge < -0.3 is 21.1 Å². The van der Waals surface area contributed by atoms with E-state index in [0.717, 1.165) is 12.0 Å². The molecule has 1 saturated heterocycles. The fourth-order valence-corrected chi connectivity index (χ4v) is 3.06. The van der Waals surface area contributed by atoms with E-state index in [2.05, 4.69) is 5.32 Å². The van der Waals surface area contributed by atoms with Crippen molar-refractivity contribution >= 4 is 11.8 Å². The first-order valence-corrected chi connectivity index (χ1v) is 9.21. The van der Waals surface area contributed by atoms with Gasteiger partial charge >= 0.3 is 0 Å². The number of nitrogens with two attached hydrogens (primary N) is 1. The molecular formula is C19H28N3O4. The molecule has 1 aromatic carbocycles. The first-order valence-electron chi connectivity index (χ1n) is 9.21. The molecule has 1 aliphatic rings. The zero-order valence-corrected chi connectivity index (χ0v) is 15.0. The summed E-state index contributed by atoms with van der Waals surface area (Å²) in [6.07, 6.45) is 2.41. The van der Waals surface area contributed by atoms with Crippen LogP contribution in [0, 0.1) is 0 Å². The third-order valence-electron chi connectivity index (χ3n) is 4.62. The van der Waals surface area contributed by atoms with Gasteiger partial charge in [-0.1, -0.05) is 12.1 Å². The summed E-state index contributed by atoms with van der Waals surface area (Å²) in [5, 5.41) is 23.7. The topological polar surface area (TPSA) is 116 Å². The Morgan fingerprint density at radius 1 is 1.19 bits per heavy atom. The van der Waals surface area contributed by atoms with E-state index in [1.54, 1.807) is 29.2 Å². The number of phenolic OH excluding ortho intramolecular Hbond substituents is 1. The molecule has 2 amide bonds. The molecule has 0 saturated carbocycles. The van der Waals surface area contributed by atoms with E-state index in [4.69, 9.17) is 5.73 Å². The molecule has 2 rings (SSSR count). The zero-order valence-electron chi connectivity index (χ0n) is 15.0. The van der Waals surface area contributed by atoms with E-state index in [1.165, 1.54) is 0 Å². The molecule has 1 heterocycles. The second kappa shape index (κ2) is 10.1. The maximum Gasteiger partial charge on any atom is 0.245 e. The van der Waals surface area contributed by atoms with Gasteiger partial charge in [0.2, 0.25) is 11.8 Å². The quantitative estimate of drug-likeness (QED) is 0.598. The number of likely N-dealkylation sites (tertiary alicyclic amines) is 1. The number of carbonyl (C=O) groups is 2. The van der Waals surface area contributed by atoms with Crippen LogP contribution in [0.4, 0.5) is 0 Å². The molecule has 7 nitrogen and oxygen atoms in total. The van der Waals surface area contributed by atoms with Crippen LogP contribution in [-0.4, -0.2) is 53.6 Å². The van der Waals surface area contributed by atoms with Crippen LogP contribution in [0.15, 0.2) is 24.3 Å². The molecule has 1 aliphatic heterocycles. The van der Waals surface area contributed by atoms with Crippen LogP contribution in [0.25, 0.3) is 0 Å². The Balaban J connectivity index is 2.03. The number of benzene rings is 1. The number of unbranched alkanes of at least 4 members (excludes halogenated alkanes) is 1. The summed E-state index contributed by atoms with van der Waals surface area (Å²) < 4.78 is 0. The molecule has 4 N–H and O–H groups in total. The summed E-state index contributed by atoms with van der Waals surface area (Å²) in [6.45, 7) is 1.40. The van der Waals surface area contributed by atoms with Crippen molar-refractivity contribution < 1.29 is 19.8 Å². The van der Waals surface area contributed by atoms with Crippen LogP contribution in [0.2, 0.25) is 0 Å². The summed E-state index contributed by atoms with van der Waals surface area (Å²) in [5.41, 5.74) is 6.30. The number of phenols is 1. The zero-order chi connectivity index (χ0) is 18.9. The number of nitrogens with one attached hydrogen (secondary N) is 1. The number of aromatic hydroxyl groups is 1. The Kier molecular flexibility index (Phi) is 7.87. The molecule has 1 aromatic rings. The molecule has 0 spiro atoms. The lowest BCUT2D eigenvalue weighted by molar-refractivity contribution is -0.138. The Labute approximate surface area is 154 Å². The van der Waals surface area contributed by atoms with Gasteiger partial charge in [-0.25, -0.2) is 5.11 Å². The lowest BCUT2D eigenvalue weighted by Gasteiger charge is -2.32. The number of hydrogen-bond acceptors (Lipinski definition) is 4. The van der Waals surface area contributed by atoms with E-state index >= 15 is 0 Å². The third kappa shape index (κ3) is 6.31. The highest BCUT2D eigenvalue weighted by Crippen LogP contribution is 2.15. The fraction of sp³-hybridized carbons (Fsp3) is 0.579. The highest BCUT2D eigenvalue weighted by Gasteiger charge is 2.29. The van der Waals surface area contributed by atoms with Crippen LogP contribution in [0.1, 0.15) is 37.7 Å². The van der Waals surface area contributed by atoms with Gasteiger partial charge in [0.25, 0.3) is 0 Å². The van der Waals surface area contributed by atoms with Crippen LogP contribution in [-0.2, 0) is 21.1 Å². The lowest BCUT2D eigenvalue weighted by Crippen LogP contribution is -2.52. The summed E-state index contributed by atoms with van der Waals surface area (Å²) in [5.74, 6) is -0.175. The Bertz CT molecular complexity index is 583. The van der Waals surface area contributed by atoms with Crippen molar-refractivity contribution in [3.8, 4) is 5.75 Å². The number of amides is 2. The number of piperidine rings is 1. The van der Waals surface area contributed by atoms with Gasteiger partial charge in [-0.2, -0.15) is 0 Å². The first-order chi connectivity index (χ1) is 12.5. The molecular weight excluding hydrogens is 334 g/mol. The minimum absolute atomic E-state index is 0.153. The van der Waals surface area contributed by atoms with Crippen molar-refractivity contribution in [1.29, 1.82) is 0 Å². The second-order valence-corrected chi connectivity index (χ2v) is 6.76. The molecule has 7 heteroatoms. The summed E-state index contributed by atoms with van der Waals surface area (Å²) in [6, 6.07) is 5.92. The predicted molar refractivity (Wildman–Crippen MR) is 96.9 cm³/mol. The van der Waals surface area contributed by atoms with Gasteiger partial charge in [-0.15, -0.1) is 0 Å². The van der Waals surface area contributed by atoms with Crippen LogP contribution in [0.5, 0.6) is 5.75 Å². The third-order valence-corrected chi connectivity index (χ3v) is 4.62. The number of carbonyl (C=O) groups excluding carboxylic acids is 2. The van der Waals surface area contributed by atoms with Crippen LogP contribution >= 0.6 is 0 Å². The number of nitrogens with zero attached hydrogens (tertiary/aromatic N) is 1. The first kappa shape index (κ1) is 20.2. The van der Waals surface area contributed by atoms with E-state index in [-0.39, 0.29) is 17.6 Å². The smallest absolute Gasteiger partial charge is 0.245 e. The molecule has 1 fully saturated rings. The van der Waals surface area contributed by atoms with E-state index < -0.39 is 12.1 Å². The fourth-order valence-electron chi connectivity index (χ4n) is 3.06. The average Bonchev–Trinajstić information content (AvgIpc) is 2.63. The van der Waals surface area contributed by atoms with E-state index in [1.807, 2.05) is 0 Å². The van der Waals surface area contributed by atoms with Gasteiger partial charge in [-0.3, -0.25) is 9.59 Å². The van der Waals surface area contributed by atoms with Gasteiger partial charge in [-0.05, 0) is 49.9 Å². The van der Waals surface area contributed by atoms with Gasteiger partial charge in [0, 0.05) is 25.9 Å². The van der Waals surface area contributed by atoms with Crippen molar-refractivity contribution in [2.45, 2.75) is 50.7 Å². The van der Waals surface area contributed by atoms with Crippen molar-refractivity contribution in [3.63, 3.8) is 0 Å². The molecule has 143 valence electrons. The lowest BCUT2D eigenvalue weighted by atomic mass is 10.0. The van der Waals surface area contributed by atoms with Crippen molar-refractivity contribution in [3.05, 3.63) is 29.8 Å². The summed E-state index contributed by atoms with van der Waals surface area (Å²) in [7, 11) is 0. The molecule has 0 bridgehead atoms. The van der Waals surface area contributed by atoms with Gasteiger partial charge in [0.15, 0.2) is 0 Å². The monoisotopic (exact) mass is 362 g/mol. The Morgan fingerprint density at radius 3 is 2.46 bits per heavy atom. The average molecular weight is 362 g/mol.